The van der Waals surface area contributed by atoms with Gasteiger partial charge in [0.05, 0.1) is 13.0 Å². The van der Waals surface area contributed by atoms with E-state index in [2.05, 4.69) is 0 Å². The summed E-state index contributed by atoms with van der Waals surface area (Å²) in [6.45, 7) is 2.28. The first-order chi connectivity index (χ1) is 8.90. The zero-order chi connectivity index (χ0) is 14.4. The number of hydrogen-bond acceptors (Lipinski definition) is 3. The SMILES string of the molecule is CC(N)Cc1cc(Cl)ccc1OCCC(=O)N(C)C. The summed E-state index contributed by atoms with van der Waals surface area (Å²) in [6.07, 6.45) is 1.05. The van der Waals surface area contributed by atoms with Crippen LogP contribution in [-0.4, -0.2) is 37.6 Å². The minimum absolute atomic E-state index is 0.0317. The molecule has 0 heterocycles. The summed E-state index contributed by atoms with van der Waals surface area (Å²) in [5.41, 5.74) is 6.77. The Bertz CT molecular complexity index is 433. The molecule has 4 nitrogen and oxygen atoms in total. The maximum atomic E-state index is 11.5. The van der Waals surface area contributed by atoms with E-state index in [0.29, 0.717) is 24.5 Å². The number of nitrogens with zero attached hydrogens (tertiary/aromatic N) is 1. The van der Waals surface area contributed by atoms with Gasteiger partial charge in [0.15, 0.2) is 0 Å². The van der Waals surface area contributed by atoms with Crippen molar-refractivity contribution in [1.82, 2.24) is 4.90 Å². The third-order valence-corrected chi connectivity index (χ3v) is 2.87. The summed E-state index contributed by atoms with van der Waals surface area (Å²) in [5, 5.41) is 0.660. The van der Waals surface area contributed by atoms with Gasteiger partial charge in [0.2, 0.25) is 5.91 Å². The summed E-state index contributed by atoms with van der Waals surface area (Å²) in [5.74, 6) is 0.788. The number of halogens is 1. The number of rotatable bonds is 6. The van der Waals surface area contributed by atoms with Crippen LogP contribution < -0.4 is 10.5 Å². The highest BCUT2D eigenvalue weighted by molar-refractivity contribution is 6.30. The fourth-order valence-electron chi connectivity index (χ4n) is 1.67. The van der Waals surface area contributed by atoms with Crippen molar-refractivity contribution >= 4 is 17.5 Å². The number of amides is 1. The highest BCUT2D eigenvalue weighted by Crippen LogP contribution is 2.24. The van der Waals surface area contributed by atoms with E-state index in [4.69, 9.17) is 22.1 Å². The second-order valence-corrected chi connectivity index (χ2v) is 5.26. The molecule has 0 aliphatic carbocycles. The highest BCUT2D eigenvalue weighted by Gasteiger charge is 2.09. The lowest BCUT2D eigenvalue weighted by molar-refractivity contribution is -0.129. The molecule has 1 amide bonds. The second kappa shape index (κ2) is 7.36. The average Bonchev–Trinajstić information content (AvgIpc) is 2.30. The van der Waals surface area contributed by atoms with E-state index < -0.39 is 0 Å². The first kappa shape index (κ1) is 15.8. The van der Waals surface area contributed by atoms with Gasteiger partial charge in [-0.15, -0.1) is 0 Å². The van der Waals surface area contributed by atoms with Crippen molar-refractivity contribution < 1.29 is 9.53 Å². The minimum Gasteiger partial charge on any atom is -0.493 e. The molecule has 5 heteroatoms. The molecule has 1 aromatic carbocycles. The smallest absolute Gasteiger partial charge is 0.225 e. The van der Waals surface area contributed by atoms with Gasteiger partial charge in [0, 0.05) is 25.2 Å². The van der Waals surface area contributed by atoms with Crippen LogP contribution in [0, 0.1) is 0 Å². The molecule has 106 valence electrons. The van der Waals surface area contributed by atoms with Gasteiger partial charge in [-0.05, 0) is 37.1 Å². The molecule has 1 aromatic rings. The van der Waals surface area contributed by atoms with Crippen LogP contribution in [0.5, 0.6) is 5.75 Å². The Labute approximate surface area is 119 Å². The number of carbonyl (C=O) groups is 1. The van der Waals surface area contributed by atoms with Crippen LogP contribution in [0.3, 0.4) is 0 Å². The van der Waals surface area contributed by atoms with Crippen molar-refractivity contribution in [3.8, 4) is 5.75 Å². The molecule has 0 bridgehead atoms. The maximum absolute atomic E-state index is 11.5. The van der Waals surface area contributed by atoms with E-state index in [1.54, 1.807) is 25.1 Å². The number of hydrogen-bond donors (Lipinski definition) is 1. The molecule has 2 N–H and O–H groups in total. The molecule has 0 aromatic heterocycles. The number of ether oxygens (including phenoxy) is 1. The third kappa shape index (κ3) is 5.49. The van der Waals surface area contributed by atoms with Crippen molar-refractivity contribution in [1.29, 1.82) is 0 Å². The Balaban J connectivity index is 2.64. The number of carbonyl (C=O) groups excluding carboxylic acids is 1. The van der Waals surface area contributed by atoms with Gasteiger partial charge in [-0.1, -0.05) is 11.6 Å². The van der Waals surface area contributed by atoms with Gasteiger partial charge in [-0.25, -0.2) is 0 Å². The molecule has 1 unspecified atom stereocenters. The van der Waals surface area contributed by atoms with Crippen LogP contribution >= 0.6 is 11.6 Å². The number of benzene rings is 1. The van der Waals surface area contributed by atoms with Crippen molar-refractivity contribution in [3.63, 3.8) is 0 Å². The minimum atomic E-state index is 0.0317. The summed E-state index contributed by atoms with van der Waals surface area (Å²) < 4.78 is 5.65. The zero-order valence-electron chi connectivity index (χ0n) is 11.6. The molecule has 19 heavy (non-hydrogen) atoms. The van der Waals surface area contributed by atoms with Crippen LogP contribution in [-0.2, 0) is 11.2 Å². The fourth-order valence-corrected chi connectivity index (χ4v) is 1.86. The van der Waals surface area contributed by atoms with E-state index in [1.807, 2.05) is 19.1 Å². The monoisotopic (exact) mass is 284 g/mol. The van der Waals surface area contributed by atoms with Crippen molar-refractivity contribution in [3.05, 3.63) is 28.8 Å². The standard InChI is InChI=1S/C14H21ClN2O2/c1-10(16)8-11-9-12(15)4-5-13(11)19-7-6-14(18)17(2)3/h4-5,9-10H,6-8,16H2,1-3H3. The van der Waals surface area contributed by atoms with Crippen LogP contribution in [0.2, 0.25) is 5.02 Å². The topological polar surface area (TPSA) is 55.6 Å². The molecule has 0 fully saturated rings. The molecule has 0 saturated carbocycles. The Morgan fingerprint density at radius 2 is 2.16 bits per heavy atom. The van der Waals surface area contributed by atoms with E-state index in [-0.39, 0.29) is 11.9 Å². The summed E-state index contributed by atoms with van der Waals surface area (Å²) in [6, 6.07) is 5.48. The predicted molar refractivity (Wildman–Crippen MR) is 77.6 cm³/mol. The fraction of sp³-hybridized carbons (Fsp3) is 0.500. The van der Waals surface area contributed by atoms with Gasteiger partial charge in [0.1, 0.15) is 5.75 Å². The van der Waals surface area contributed by atoms with E-state index >= 15 is 0 Å². The first-order valence-electron chi connectivity index (χ1n) is 6.27. The molecule has 1 atom stereocenters. The number of nitrogens with two attached hydrogens (primary N) is 1. The predicted octanol–water partition coefficient (Wildman–Crippen LogP) is 2.09. The largest absolute Gasteiger partial charge is 0.493 e. The lowest BCUT2D eigenvalue weighted by atomic mass is 10.1. The molecule has 1 rings (SSSR count). The molecule has 0 saturated heterocycles. The molecule has 0 aliphatic rings. The van der Waals surface area contributed by atoms with Gasteiger partial charge >= 0.3 is 0 Å². The quantitative estimate of drug-likeness (QED) is 0.870. The van der Waals surface area contributed by atoms with E-state index in [9.17, 15) is 4.79 Å². The normalized spacial score (nSPS) is 12.1. The Morgan fingerprint density at radius 1 is 1.47 bits per heavy atom. The van der Waals surface area contributed by atoms with Crippen molar-refractivity contribution in [2.75, 3.05) is 20.7 Å². The average molecular weight is 285 g/mol. The lowest BCUT2D eigenvalue weighted by Crippen LogP contribution is -2.23. The zero-order valence-corrected chi connectivity index (χ0v) is 12.4. The van der Waals surface area contributed by atoms with Crippen molar-refractivity contribution in [2.24, 2.45) is 5.73 Å². The molecular formula is C14H21ClN2O2. The Morgan fingerprint density at radius 3 is 2.74 bits per heavy atom. The summed E-state index contributed by atoms with van der Waals surface area (Å²) in [7, 11) is 3.46. The third-order valence-electron chi connectivity index (χ3n) is 2.64. The molecular weight excluding hydrogens is 264 g/mol. The van der Waals surface area contributed by atoms with Crippen LogP contribution in [0.1, 0.15) is 18.9 Å². The Hall–Kier alpha value is -1.26. The summed E-state index contributed by atoms with van der Waals surface area (Å²) >= 11 is 5.97. The summed E-state index contributed by atoms with van der Waals surface area (Å²) in [4.78, 5) is 13.0. The van der Waals surface area contributed by atoms with Gasteiger partial charge < -0.3 is 15.4 Å². The second-order valence-electron chi connectivity index (χ2n) is 4.82. The van der Waals surface area contributed by atoms with Gasteiger partial charge in [0.25, 0.3) is 0 Å². The van der Waals surface area contributed by atoms with Crippen molar-refractivity contribution in [2.45, 2.75) is 25.8 Å². The lowest BCUT2D eigenvalue weighted by Gasteiger charge is -2.14. The highest BCUT2D eigenvalue weighted by atomic mass is 35.5. The molecule has 0 spiro atoms. The van der Waals surface area contributed by atoms with Gasteiger partial charge in [-0.2, -0.15) is 0 Å². The maximum Gasteiger partial charge on any atom is 0.225 e. The Kier molecular flexibility index (Phi) is 6.12. The van der Waals surface area contributed by atoms with E-state index in [1.165, 1.54) is 0 Å². The first-order valence-corrected chi connectivity index (χ1v) is 6.65. The van der Waals surface area contributed by atoms with Crippen LogP contribution in [0.15, 0.2) is 18.2 Å². The van der Waals surface area contributed by atoms with Gasteiger partial charge in [-0.3, -0.25) is 4.79 Å². The molecule has 0 aliphatic heterocycles. The van der Waals surface area contributed by atoms with E-state index in [0.717, 1.165) is 11.3 Å². The van der Waals surface area contributed by atoms with Crippen LogP contribution in [0.4, 0.5) is 0 Å². The van der Waals surface area contributed by atoms with Crippen LogP contribution in [0.25, 0.3) is 0 Å². The molecule has 0 radical (unpaired) electrons.